The molecule has 0 aromatic heterocycles. The van der Waals surface area contributed by atoms with Gasteiger partial charge in [-0.15, -0.1) is 0 Å². The van der Waals surface area contributed by atoms with Gasteiger partial charge in [0.05, 0.1) is 5.56 Å². The van der Waals surface area contributed by atoms with Gasteiger partial charge in [0, 0.05) is 5.02 Å². The highest BCUT2D eigenvalue weighted by Crippen LogP contribution is 2.18. The number of hydrogen-bond donors (Lipinski definition) is 1. The average molecular weight is 350 g/mol. The monoisotopic (exact) mass is 349 g/mol. The van der Waals surface area contributed by atoms with E-state index in [0.717, 1.165) is 0 Å². The fourth-order valence-electron chi connectivity index (χ4n) is 2.07. The van der Waals surface area contributed by atoms with Gasteiger partial charge in [-0.3, -0.25) is 4.79 Å². The third kappa shape index (κ3) is 4.55. The van der Waals surface area contributed by atoms with Crippen LogP contribution in [-0.2, 0) is 4.79 Å². The molecule has 1 amide bonds. The maximum Gasteiger partial charge on any atom is 0.334 e. The maximum absolute atomic E-state index is 13.7. The number of esters is 1. The SMILES string of the molecule is CC(C)[C@H](NC(=O)c1ccccc1F)C(=O)Oc1cccc(Cl)c1. The fraction of sp³-hybridized carbons (Fsp3) is 0.222. The van der Waals surface area contributed by atoms with Crippen molar-refractivity contribution in [2.75, 3.05) is 0 Å². The van der Waals surface area contributed by atoms with Crippen LogP contribution in [0.2, 0.25) is 5.02 Å². The van der Waals surface area contributed by atoms with Crippen LogP contribution in [-0.4, -0.2) is 17.9 Å². The predicted molar refractivity (Wildman–Crippen MR) is 89.6 cm³/mol. The summed E-state index contributed by atoms with van der Waals surface area (Å²) in [6.07, 6.45) is 0. The first-order valence-corrected chi connectivity index (χ1v) is 7.79. The molecule has 1 atom stereocenters. The molecular formula is C18H17ClFNO3. The van der Waals surface area contributed by atoms with Crippen LogP contribution in [0.3, 0.4) is 0 Å². The number of carbonyl (C=O) groups is 2. The number of nitrogens with one attached hydrogen (secondary N) is 1. The van der Waals surface area contributed by atoms with E-state index in [1.54, 1.807) is 38.1 Å². The van der Waals surface area contributed by atoms with Gasteiger partial charge >= 0.3 is 5.97 Å². The number of rotatable bonds is 5. The van der Waals surface area contributed by atoms with E-state index in [2.05, 4.69) is 5.32 Å². The Morgan fingerprint density at radius 1 is 1.12 bits per heavy atom. The van der Waals surface area contributed by atoms with Crippen molar-refractivity contribution < 1.29 is 18.7 Å². The van der Waals surface area contributed by atoms with Crippen LogP contribution < -0.4 is 10.1 Å². The Kier molecular flexibility index (Phi) is 5.93. The van der Waals surface area contributed by atoms with Gasteiger partial charge in [0.15, 0.2) is 0 Å². The van der Waals surface area contributed by atoms with Gasteiger partial charge in [-0.05, 0) is 36.2 Å². The van der Waals surface area contributed by atoms with Gasteiger partial charge in [0.1, 0.15) is 17.6 Å². The minimum absolute atomic E-state index is 0.126. The molecule has 0 spiro atoms. The predicted octanol–water partition coefficient (Wildman–Crippen LogP) is 3.84. The van der Waals surface area contributed by atoms with E-state index in [1.165, 1.54) is 24.3 Å². The van der Waals surface area contributed by atoms with Crippen LogP contribution in [0.25, 0.3) is 0 Å². The minimum Gasteiger partial charge on any atom is -0.425 e. The quantitative estimate of drug-likeness (QED) is 0.659. The van der Waals surface area contributed by atoms with E-state index < -0.39 is 23.7 Å². The molecule has 0 heterocycles. The molecule has 6 heteroatoms. The van der Waals surface area contributed by atoms with Crippen molar-refractivity contribution in [2.24, 2.45) is 5.92 Å². The van der Waals surface area contributed by atoms with Gasteiger partial charge in [-0.1, -0.05) is 43.6 Å². The summed E-state index contributed by atoms with van der Waals surface area (Å²) in [5.41, 5.74) is -0.126. The van der Waals surface area contributed by atoms with Crippen molar-refractivity contribution in [3.63, 3.8) is 0 Å². The molecule has 0 unspecified atom stereocenters. The first-order valence-electron chi connectivity index (χ1n) is 7.41. The summed E-state index contributed by atoms with van der Waals surface area (Å²) in [7, 11) is 0. The Morgan fingerprint density at radius 3 is 2.46 bits per heavy atom. The second-order valence-corrected chi connectivity index (χ2v) is 5.99. The lowest BCUT2D eigenvalue weighted by Crippen LogP contribution is -2.46. The Morgan fingerprint density at radius 2 is 1.83 bits per heavy atom. The zero-order chi connectivity index (χ0) is 17.7. The molecular weight excluding hydrogens is 333 g/mol. The number of amides is 1. The molecule has 0 aliphatic heterocycles. The molecule has 0 saturated heterocycles. The zero-order valence-electron chi connectivity index (χ0n) is 13.3. The molecule has 0 aliphatic rings. The van der Waals surface area contributed by atoms with Crippen LogP contribution >= 0.6 is 11.6 Å². The lowest BCUT2D eigenvalue weighted by atomic mass is 10.0. The van der Waals surface area contributed by atoms with E-state index in [-0.39, 0.29) is 17.2 Å². The summed E-state index contributed by atoms with van der Waals surface area (Å²) in [4.78, 5) is 24.6. The molecule has 2 aromatic carbocycles. The van der Waals surface area contributed by atoms with Crippen molar-refractivity contribution in [1.29, 1.82) is 0 Å². The second-order valence-electron chi connectivity index (χ2n) is 5.55. The van der Waals surface area contributed by atoms with E-state index in [0.29, 0.717) is 5.02 Å². The molecule has 126 valence electrons. The summed E-state index contributed by atoms with van der Waals surface area (Å²) in [5.74, 6) is -1.93. The summed E-state index contributed by atoms with van der Waals surface area (Å²) < 4.78 is 18.9. The smallest absolute Gasteiger partial charge is 0.334 e. The largest absolute Gasteiger partial charge is 0.425 e. The third-order valence-corrected chi connectivity index (χ3v) is 3.58. The standard InChI is InChI=1S/C18H17ClFNO3/c1-11(2)16(18(23)24-13-7-5-6-12(19)10-13)21-17(22)14-8-3-4-9-15(14)20/h3-11,16H,1-2H3,(H,21,22)/t16-/m0/s1. The van der Waals surface area contributed by atoms with Gasteiger partial charge in [0.25, 0.3) is 5.91 Å². The Balaban J connectivity index is 2.13. The summed E-state index contributed by atoms with van der Waals surface area (Å²) >= 11 is 5.85. The summed E-state index contributed by atoms with van der Waals surface area (Å²) in [5, 5.41) is 2.95. The minimum atomic E-state index is -0.920. The van der Waals surface area contributed by atoms with E-state index in [4.69, 9.17) is 16.3 Å². The first kappa shape index (κ1) is 17.9. The van der Waals surface area contributed by atoms with Crippen LogP contribution in [0, 0.1) is 11.7 Å². The average Bonchev–Trinajstić information content (AvgIpc) is 2.52. The first-order chi connectivity index (χ1) is 11.4. The highest BCUT2D eigenvalue weighted by molar-refractivity contribution is 6.30. The molecule has 0 radical (unpaired) electrons. The van der Waals surface area contributed by atoms with Crippen LogP contribution in [0.5, 0.6) is 5.75 Å². The topological polar surface area (TPSA) is 55.4 Å². The fourth-order valence-corrected chi connectivity index (χ4v) is 2.25. The number of halogens is 2. The van der Waals surface area contributed by atoms with E-state index >= 15 is 0 Å². The molecule has 2 rings (SSSR count). The van der Waals surface area contributed by atoms with Gasteiger partial charge in [-0.2, -0.15) is 0 Å². The molecule has 0 saturated carbocycles. The number of carbonyl (C=O) groups excluding carboxylic acids is 2. The molecule has 0 bridgehead atoms. The number of ether oxygens (including phenoxy) is 1. The summed E-state index contributed by atoms with van der Waals surface area (Å²) in [6, 6.07) is 11.0. The molecule has 24 heavy (non-hydrogen) atoms. The van der Waals surface area contributed by atoms with Crippen molar-refractivity contribution in [3.05, 3.63) is 64.9 Å². The third-order valence-electron chi connectivity index (χ3n) is 3.34. The van der Waals surface area contributed by atoms with E-state index in [9.17, 15) is 14.0 Å². The maximum atomic E-state index is 13.7. The van der Waals surface area contributed by atoms with Crippen molar-refractivity contribution in [3.8, 4) is 5.75 Å². The van der Waals surface area contributed by atoms with Gasteiger partial charge in [-0.25, -0.2) is 9.18 Å². The Bertz CT molecular complexity index is 749. The number of hydrogen-bond acceptors (Lipinski definition) is 3. The zero-order valence-corrected chi connectivity index (χ0v) is 14.0. The van der Waals surface area contributed by atoms with Gasteiger partial charge < -0.3 is 10.1 Å². The van der Waals surface area contributed by atoms with Crippen LogP contribution in [0.4, 0.5) is 4.39 Å². The molecule has 0 aliphatic carbocycles. The van der Waals surface area contributed by atoms with Crippen molar-refractivity contribution in [2.45, 2.75) is 19.9 Å². The normalized spacial score (nSPS) is 11.9. The lowest BCUT2D eigenvalue weighted by molar-refractivity contribution is -0.137. The van der Waals surface area contributed by atoms with Crippen LogP contribution in [0.1, 0.15) is 24.2 Å². The second kappa shape index (κ2) is 7.93. The molecule has 4 nitrogen and oxygen atoms in total. The Hall–Kier alpha value is -2.40. The molecule has 2 aromatic rings. The molecule has 0 fully saturated rings. The van der Waals surface area contributed by atoms with Crippen LogP contribution in [0.15, 0.2) is 48.5 Å². The van der Waals surface area contributed by atoms with Crippen molar-refractivity contribution in [1.82, 2.24) is 5.32 Å². The molecule has 1 N–H and O–H groups in total. The lowest BCUT2D eigenvalue weighted by Gasteiger charge is -2.21. The highest BCUT2D eigenvalue weighted by Gasteiger charge is 2.27. The number of benzene rings is 2. The van der Waals surface area contributed by atoms with Crippen molar-refractivity contribution >= 4 is 23.5 Å². The van der Waals surface area contributed by atoms with E-state index in [1.807, 2.05) is 0 Å². The van der Waals surface area contributed by atoms with Gasteiger partial charge in [0.2, 0.25) is 0 Å². The highest BCUT2D eigenvalue weighted by atomic mass is 35.5. The Labute approximate surface area is 144 Å². The summed E-state index contributed by atoms with van der Waals surface area (Å²) in [6.45, 7) is 3.51.